The maximum absolute atomic E-state index is 11.0. The average Bonchev–Trinajstić information content (AvgIpc) is 3.24. The Kier molecular flexibility index (Phi) is 6.60. The second-order valence-electron chi connectivity index (χ2n) is 8.09. The summed E-state index contributed by atoms with van der Waals surface area (Å²) in [6.45, 7) is -0.314. The van der Waals surface area contributed by atoms with Gasteiger partial charge in [0, 0.05) is 25.5 Å². The zero-order valence-electron chi connectivity index (χ0n) is 17.5. The van der Waals surface area contributed by atoms with E-state index in [4.69, 9.17) is 9.88 Å². The Morgan fingerprint density at radius 1 is 1.16 bits per heavy atom. The van der Waals surface area contributed by atoms with Gasteiger partial charge in [-0.2, -0.15) is 8.42 Å². The molecule has 6 N–H and O–H groups in total. The summed E-state index contributed by atoms with van der Waals surface area (Å²) in [5.74, 6) is 0.429. The molecular weight excluding hydrogens is 438 g/mol. The van der Waals surface area contributed by atoms with E-state index in [1.807, 2.05) is 12.1 Å². The summed E-state index contributed by atoms with van der Waals surface area (Å²) in [6.07, 6.45) is 0.139. The quantitative estimate of drug-likeness (QED) is 0.356. The molecule has 1 saturated carbocycles. The summed E-state index contributed by atoms with van der Waals surface area (Å²) in [7, 11) is -2.44. The van der Waals surface area contributed by atoms with Crippen LogP contribution in [0.5, 0.6) is 0 Å². The van der Waals surface area contributed by atoms with Crippen LogP contribution in [-0.4, -0.2) is 66.7 Å². The number of aromatic nitrogens is 2. The highest BCUT2D eigenvalue weighted by Crippen LogP contribution is 2.35. The highest BCUT2D eigenvalue weighted by molar-refractivity contribution is 7.84. The highest BCUT2D eigenvalue weighted by atomic mass is 32.2. The van der Waals surface area contributed by atoms with Crippen LogP contribution < -0.4 is 15.8 Å². The van der Waals surface area contributed by atoms with Gasteiger partial charge in [-0.05, 0) is 17.5 Å². The SMILES string of the molecule is CO[C@H]1Cc2ccccc2[C@H]1Nc1cc(N[C@@H]2CC(COS(N)(=O)=O)[C@@H](O)[C@H]2O)ncn1. The lowest BCUT2D eigenvalue weighted by Gasteiger charge is -2.22. The number of aliphatic hydroxyl groups is 2. The van der Waals surface area contributed by atoms with Crippen molar-refractivity contribution in [3.8, 4) is 0 Å². The van der Waals surface area contributed by atoms with Gasteiger partial charge in [0.1, 0.15) is 24.1 Å². The Labute approximate surface area is 186 Å². The number of methoxy groups -OCH3 is 1. The van der Waals surface area contributed by atoms with Crippen LogP contribution in [0.25, 0.3) is 0 Å². The van der Waals surface area contributed by atoms with Crippen molar-refractivity contribution in [3.05, 3.63) is 47.8 Å². The van der Waals surface area contributed by atoms with E-state index in [0.717, 1.165) is 12.0 Å². The lowest BCUT2D eigenvalue weighted by Crippen LogP contribution is -2.36. The van der Waals surface area contributed by atoms with Crippen molar-refractivity contribution in [3.63, 3.8) is 0 Å². The zero-order valence-corrected chi connectivity index (χ0v) is 18.3. The molecule has 1 unspecified atom stereocenters. The molecule has 32 heavy (non-hydrogen) atoms. The van der Waals surface area contributed by atoms with Crippen molar-refractivity contribution >= 4 is 21.9 Å². The van der Waals surface area contributed by atoms with Crippen LogP contribution in [0, 0.1) is 5.92 Å². The third kappa shape index (κ3) is 5.00. The van der Waals surface area contributed by atoms with Crippen LogP contribution >= 0.6 is 0 Å². The number of rotatable bonds is 8. The lowest BCUT2D eigenvalue weighted by atomic mass is 10.1. The predicted molar refractivity (Wildman–Crippen MR) is 116 cm³/mol. The number of ether oxygens (including phenoxy) is 1. The molecule has 1 fully saturated rings. The first-order valence-corrected chi connectivity index (χ1v) is 11.7. The van der Waals surface area contributed by atoms with Crippen LogP contribution in [0.1, 0.15) is 23.6 Å². The molecule has 1 heterocycles. The molecule has 4 rings (SSSR count). The molecule has 0 spiro atoms. The van der Waals surface area contributed by atoms with Gasteiger partial charge in [0.2, 0.25) is 0 Å². The number of anilines is 2. The minimum absolute atomic E-state index is 0.0369. The van der Waals surface area contributed by atoms with Crippen molar-refractivity contribution in [1.29, 1.82) is 0 Å². The van der Waals surface area contributed by atoms with Gasteiger partial charge < -0.3 is 25.6 Å². The zero-order chi connectivity index (χ0) is 22.9. The number of nitrogens with zero attached hydrogens (tertiary/aromatic N) is 2. The van der Waals surface area contributed by atoms with E-state index in [2.05, 4.69) is 36.9 Å². The highest BCUT2D eigenvalue weighted by Gasteiger charge is 2.42. The van der Waals surface area contributed by atoms with E-state index in [1.54, 1.807) is 13.2 Å². The number of fused-ring (bicyclic) bond motifs is 1. The first-order valence-electron chi connectivity index (χ1n) is 10.2. The summed E-state index contributed by atoms with van der Waals surface area (Å²) in [4.78, 5) is 8.49. The largest absolute Gasteiger partial charge is 0.390 e. The van der Waals surface area contributed by atoms with Crippen LogP contribution in [0.2, 0.25) is 0 Å². The second-order valence-corrected chi connectivity index (χ2v) is 9.31. The molecule has 0 amide bonds. The topological polar surface area (TPSA) is 169 Å². The third-order valence-electron chi connectivity index (χ3n) is 6.04. The number of nitrogens with one attached hydrogen (secondary N) is 2. The Hall–Kier alpha value is -2.35. The van der Waals surface area contributed by atoms with Gasteiger partial charge in [0.25, 0.3) is 0 Å². The number of hydrogen-bond acceptors (Lipinski definition) is 10. The smallest absolute Gasteiger partial charge is 0.333 e. The van der Waals surface area contributed by atoms with Gasteiger partial charge >= 0.3 is 10.3 Å². The summed E-state index contributed by atoms with van der Waals surface area (Å²) in [5, 5.41) is 31.9. The van der Waals surface area contributed by atoms with Gasteiger partial charge in [-0.1, -0.05) is 24.3 Å². The molecule has 1 aromatic carbocycles. The van der Waals surface area contributed by atoms with E-state index in [9.17, 15) is 18.6 Å². The molecular formula is C20H27N5O6S. The fourth-order valence-electron chi connectivity index (χ4n) is 4.43. The number of benzene rings is 1. The average molecular weight is 466 g/mol. The Morgan fingerprint density at radius 2 is 1.88 bits per heavy atom. The van der Waals surface area contributed by atoms with E-state index >= 15 is 0 Å². The van der Waals surface area contributed by atoms with Crippen molar-refractivity contribution < 1.29 is 27.6 Å². The first kappa shape index (κ1) is 22.8. The minimum Gasteiger partial charge on any atom is -0.390 e. The minimum atomic E-state index is -4.13. The van der Waals surface area contributed by atoms with Gasteiger partial charge in [-0.15, -0.1) is 0 Å². The van der Waals surface area contributed by atoms with Crippen molar-refractivity contribution in [2.45, 2.75) is 43.2 Å². The number of hydrogen-bond donors (Lipinski definition) is 5. The lowest BCUT2D eigenvalue weighted by molar-refractivity contribution is 0.00778. The molecule has 0 bridgehead atoms. The van der Waals surface area contributed by atoms with Crippen molar-refractivity contribution in [1.82, 2.24) is 9.97 Å². The van der Waals surface area contributed by atoms with E-state index in [0.29, 0.717) is 11.6 Å². The molecule has 2 aliphatic carbocycles. The Balaban J connectivity index is 1.43. The molecule has 11 nitrogen and oxygen atoms in total. The molecule has 0 radical (unpaired) electrons. The third-order valence-corrected chi connectivity index (χ3v) is 6.50. The van der Waals surface area contributed by atoms with Crippen molar-refractivity contribution in [2.75, 3.05) is 24.4 Å². The molecule has 2 aromatic rings. The fourth-order valence-corrected chi connectivity index (χ4v) is 4.79. The number of nitrogens with two attached hydrogens (primary N) is 1. The van der Waals surface area contributed by atoms with Crippen molar-refractivity contribution in [2.24, 2.45) is 11.1 Å². The summed E-state index contributed by atoms with van der Waals surface area (Å²) >= 11 is 0. The molecule has 0 saturated heterocycles. The summed E-state index contributed by atoms with van der Waals surface area (Å²) in [6, 6.07) is 9.22. The van der Waals surface area contributed by atoms with Gasteiger partial charge in [-0.25, -0.2) is 15.1 Å². The second kappa shape index (κ2) is 9.25. The molecule has 12 heteroatoms. The Morgan fingerprint density at radius 3 is 2.59 bits per heavy atom. The maximum atomic E-state index is 11.0. The Bertz CT molecular complexity index is 1050. The van der Waals surface area contributed by atoms with Gasteiger partial charge in [-0.3, -0.25) is 4.18 Å². The molecule has 6 atom stereocenters. The number of aliphatic hydroxyl groups excluding tert-OH is 2. The van der Waals surface area contributed by atoms with E-state index in [-0.39, 0.29) is 25.2 Å². The normalized spacial score (nSPS) is 29.6. The van der Waals surface area contributed by atoms with E-state index < -0.39 is 34.5 Å². The maximum Gasteiger partial charge on any atom is 0.333 e. The van der Waals surface area contributed by atoms with Crippen LogP contribution in [0.15, 0.2) is 36.7 Å². The van der Waals surface area contributed by atoms with E-state index in [1.165, 1.54) is 11.9 Å². The molecule has 174 valence electrons. The van der Waals surface area contributed by atoms with Crippen LogP contribution in [0.4, 0.5) is 11.6 Å². The fraction of sp³-hybridized carbons (Fsp3) is 0.500. The van der Waals surface area contributed by atoms with Gasteiger partial charge in [0.05, 0.1) is 30.9 Å². The van der Waals surface area contributed by atoms with Crippen LogP contribution in [0.3, 0.4) is 0 Å². The standard InChI is InChI=1S/C20H27N5O6S/c1-30-15-7-11-4-2-3-5-13(11)18(15)25-17-8-16(22-10-23-17)24-14-6-12(19(26)20(14)27)9-31-32(21,28)29/h2-5,8,10,12,14-15,18-20,26-27H,6-7,9H2,1H3,(H2,21,28,29)(H2,22,23,24,25)/t12?,14-,15+,18-,19-,20+/m1/s1. The van der Waals surface area contributed by atoms with Gasteiger partial charge in [0.15, 0.2) is 0 Å². The molecule has 2 aliphatic rings. The summed E-state index contributed by atoms with van der Waals surface area (Å²) < 4.78 is 32.3. The molecule has 0 aliphatic heterocycles. The van der Waals surface area contributed by atoms with Crippen LogP contribution in [-0.2, 0) is 25.6 Å². The molecule has 1 aromatic heterocycles. The predicted octanol–water partition coefficient (Wildman–Crippen LogP) is -0.0568. The summed E-state index contributed by atoms with van der Waals surface area (Å²) in [5.41, 5.74) is 2.37. The monoisotopic (exact) mass is 465 g/mol. The first-order chi connectivity index (χ1) is 15.2.